The summed E-state index contributed by atoms with van der Waals surface area (Å²) in [6, 6.07) is 6.89. The number of carbonyl (C=O) groups excluding carboxylic acids is 2. The molecule has 2 N–H and O–H groups in total. The predicted molar refractivity (Wildman–Crippen MR) is 122 cm³/mol. The van der Waals surface area contributed by atoms with Crippen LogP contribution < -0.4 is 25.8 Å². The quantitative estimate of drug-likeness (QED) is 0.751. The van der Waals surface area contributed by atoms with Gasteiger partial charge in [0.25, 0.3) is 17.4 Å². The number of nitrogens with one attached hydrogen (secondary N) is 2. The normalized spacial score (nSPS) is 17.9. The van der Waals surface area contributed by atoms with Crippen molar-refractivity contribution in [1.29, 1.82) is 0 Å². The highest BCUT2D eigenvalue weighted by Gasteiger charge is 2.24. The van der Waals surface area contributed by atoms with E-state index in [1.54, 1.807) is 49.0 Å². The van der Waals surface area contributed by atoms with E-state index in [9.17, 15) is 14.4 Å². The van der Waals surface area contributed by atoms with E-state index in [0.717, 1.165) is 25.9 Å². The maximum atomic E-state index is 13.0. The second kappa shape index (κ2) is 9.53. The number of anilines is 2. The highest BCUT2D eigenvalue weighted by molar-refractivity contribution is 6.06. The van der Waals surface area contributed by atoms with Crippen LogP contribution in [0, 0.1) is 12.8 Å². The molecule has 2 aliphatic heterocycles. The minimum atomic E-state index is -0.459. The number of nitrogens with zero attached hydrogens (tertiary/aromatic N) is 2. The fraction of sp³-hybridized carbons (Fsp3) is 0.409. The van der Waals surface area contributed by atoms with Crippen LogP contribution in [-0.4, -0.2) is 43.1 Å². The molecular weight excluding hydrogens is 420 g/mol. The molecule has 2 amide bonds. The van der Waals surface area contributed by atoms with Gasteiger partial charge in [-0.15, -0.1) is 12.4 Å². The van der Waals surface area contributed by atoms with Gasteiger partial charge in [-0.25, -0.2) is 0 Å². The Morgan fingerprint density at radius 1 is 1.29 bits per heavy atom. The van der Waals surface area contributed by atoms with E-state index in [1.165, 1.54) is 4.90 Å². The Labute approximate surface area is 187 Å². The average Bonchev–Trinajstić information content (AvgIpc) is 2.74. The van der Waals surface area contributed by atoms with E-state index in [4.69, 9.17) is 4.74 Å². The van der Waals surface area contributed by atoms with Crippen LogP contribution in [0.2, 0.25) is 0 Å². The molecule has 2 aliphatic rings. The number of fused-ring (bicyclic) bond motifs is 1. The van der Waals surface area contributed by atoms with E-state index >= 15 is 0 Å². The molecule has 3 heterocycles. The van der Waals surface area contributed by atoms with Gasteiger partial charge in [-0.1, -0.05) is 0 Å². The first-order chi connectivity index (χ1) is 14.4. The number of aromatic nitrogens is 1. The van der Waals surface area contributed by atoms with Crippen molar-refractivity contribution in [1.82, 2.24) is 9.88 Å². The van der Waals surface area contributed by atoms with Crippen LogP contribution in [0.15, 0.2) is 35.3 Å². The van der Waals surface area contributed by atoms with Gasteiger partial charge >= 0.3 is 0 Å². The van der Waals surface area contributed by atoms with Crippen molar-refractivity contribution < 1.29 is 14.3 Å². The Kier molecular flexibility index (Phi) is 7.02. The molecule has 1 saturated heterocycles. The number of piperidine rings is 1. The van der Waals surface area contributed by atoms with Crippen molar-refractivity contribution in [3.63, 3.8) is 0 Å². The van der Waals surface area contributed by atoms with Gasteiger partial charge in [0.1, 0.15) is 11.3 Å². The molecule has 31 heavy (non-hydrogen) atoms. The summed E-state index contributed by atoms with van der Waals surface area (Å²) in [6.07, 6.45) is 3.93. The molecule has 1 atom stereocenters. The zero-order valence-corrected chi connectivity index (χ0v) is 18.5. The molecule has 1 aromatic carbocycles. The van der Waals surface area contributed by atoms with Crippen molar-refractivity contribution in [2.24, 2.45) is 5.92 Å². The molecule has 4 rings (SSSR count). The smallest absolute Gasteiger partial charge is 0.264 e. The Morgan fingerprint density at radius 3 is 2.84 bits per heavy atom. The topological polar surface area (TPSA) is 92.7 Å². The van der Waals surface area contributed by atoms with E-state index in [-0.39, 0.29) is 36.0 Å². The number of pyridine rings is 1. The number of hydrogen-bond donors (Lipinski definition) is 2. The molecule has 1 fully saturated rings. The first-order valence-electron chi connectivity index (χ1n) is 10.2. The molecule has 8 nitrogen and oxygen atoms in total. The lowest BCUT2D eigenvalue weighted by Gasteiger charge is -2.26. The highest BCUT2D eigenvalue weighted by Crippen LogP contribution is 2.33. The second-order valence-electron chi connectivity index (χ2n) is 7.92. The number of likely N-dealkylation sites (N-methyl/N-ethyl adjacent to an activating group) is 1. The van der Waals surface area contributed by atoms with Gasteiger partial charge < -0.3 is 24.8 Å². The van der Waals surface area contributed by atoms with Crippen LogP contribution in [0.5, 0.6) is 5.75 Å². The molecule has 0 spiro atoms. The molecular formula is C22H27ClN4O4. The largest absolute Gasteiger partial charge is 0.482 e. The third-order valence-electron chi connectivity index (χ3n) is 5.76. The number of rotatable bonds is 4. The third kappa shape index (κ3) is 4.75. The fourth-order valence-electron chi connectivity index (χ4n) is 3.99. The summed E-state index contributed by atoms with van der Waals surface area (Å²) in [6.45, 7) is 4.24. The summed E-state index contributed by atoms with van der Waals surface area (Å²) >= 11 is 0. The number of halogens is 1. The minimum Gasteiger partial charge on any atom is -0.482 e. The molecule has 0 bridgehead atoms. The lowest BCUT2D eigenvalue weighted by atomic mass is 9.99. The number of ether oxygens (including phenoxy) is 1. The predicted octanol–water partition coefficient (Wildman–Crippen LogP) is 2.19. The Balaban J connectivity index is 0.00000272. The van der Waals surface area contributed by atoms with Crippen LogP contribution in [-0.2, 0) is 11.3 Å². The fourth-order valence-corrected chi connectivity index (χ4v) is 3.99. The first-order valence-corrected chi connectivity index (χ1v) is 10.2. The summed E-state index contributed by atoms with van der Waals surface area (Å²) in [4.78, 5) is 39.4. The van der Waals surface area contributed by atoms with E-state index < -0.39 is 5.91 Å². The van der Waals surface area contributed by atoms with Crippen molar-refractivity contribution in [2.45, 2.75) is 26.3 Å². The van der Waals surface area contributed by atoms with Gasteiger partial charge in [0, 0.05) is 25.5 Å². The van der Waals surface area contributed by atoms with Gasteiger partial charge in [-0.05, 0) is 68.6 Å². The monoisotopic (exact) mass is 446 g/mol. The standard InChI is InChI=1S/C22H26N4O4.ClH/c1-14-7-9-26(12-15-4-3-8-23-11-15)22(29)20(14)21(28)24-16-5-6-18-17(10-16)25(2)19(27)13-30-18;/h5-7,9-10,15,23H,3-4,8,11-13H2,1-2H3,(H,24,28);1H. The number of carbonyl (C=O) groups is 2. The molecule has 1 aromatic heterocycles. The van der Waals surface area contributed by atoms with Gasteiger partial charge in [-0.2, -0.15) is 0 Å². The van der Waals surface area contributed by atoms with Crippen molar-refractivity contribution >= 4 is 35.6 Å². The second-order valence-corrected chi connectivity index (χ2v) is 7.92. The van der Waals surface area contributed by atoms with Crippen LogP contribution in [0.25, 0.3) is 0 Å². The summed E-state index contributed by atoms with van der Waals surface area (Å²) in [5.74, 6) is 0.336. The van der Waals surface area contributed by atoms with Gasteiger partial charge in [0.15, 0.2) is 6.61 Å². The molecule has 0 aliphatic carbocycles. The van der Waals surface area contributed by atoms with E-state index in [0.29, 0.717) is 35.2 Å². The summed E-state index contributed by atoms with van der Waals surface area (Å²) in [5.41, 5.74) is 1.56. The lowest BCUT2D eigenvalue weighted by Crippen LogP contribution is -2.37. The maximum absolute atomic E-state index is 13.0. The molecule has 1 unspecified atom stereocenters. The Hall–Kier alpha value is -2.84. The van der Waals surface area contributed by atoms with Gasteiger partial charge in [0.05, 0.1) is 5.69 Å². The SMILES string of the molecule is Cc1ccn(CC2CCCNC2)c(=O)c1C(=O)Nc1ccc2c(c1)N(C)C(=O)CO2.Cl. The number of hydrogen-bond acceptors (Lipinski definition) is 5. The molecule has 0 radical (unpaired) electrons. The molecule has 166 valence electrons. The van der Waals surface area contributed by atoms with Crippen LogP contribution in [0.3, 0.4) is 0 Å². The molecule has 0 saturated carbocycles. The minimum absolute atomic E-state index is 0. The van der Waals surface area contributed by atoms with Crippen molar-refractivity contribution in [2.75, 3.05) is 37.0 Å². The van der Waals surface area contributed by atoms with Crippen LogP contribution in [0.4, 0.5) is 11.4 Å². The number of benzene rings is 1. The van der Waals surface area contributed by atoms with Gasteiger partial charge in [-0.3, -0.25) is 14.4 Å². The maximum Gasteiger partial charge on any atom is 0.264 e. The zero-order valence-electron chi connectivity index (χ0n) is 17.6. The van der Waals surface area contributed by atoms with E-state index in [2.05, 4.69) is 10.6 Å². The average molecular weight is 447 g/mol. The summed E-state index contributed by atoms with van der Waals surface area (Å²) in [7, 11) is 1.66. The highest BCUT2D eigenvalue weighted by atomic mass is 35.5. The Morgan fingerprint density at radius 2 is 2.10 bits per heavy atom. The third-order valence-corrected chi connectivity index (χ3v) is 5.76. The van der Waals surface area contributed by atoms with Crippen molar-refractivity contribution in [3.05, 3.63) is 51.9 Å². The summed E-state index contributed by atoms with van der Waals surface area (Å²) < 4.78 is 7.05. The van der Waals surface area contributed by atoms with E-state index in [1.807, 2.05) is 0 Å². The molecule has 9 heteroatoms. The van der Waals surface area contributed by atoms with Crippen LogP contribution in [0.1, 0.15) is 28.8 Å². The number of aryl methyl sites for hydroxylation is 1. The van der Waals surface area contributed by atoms with Crippen LogP contribution >= 0.6 is 12.4 Å². The lowest BCUT2D eigenvalue weighted by molar-refractivity contribution is -0.120. The first kappa shape index (κ1) is 22.8. The van der Waals surface area contributed by atoms with Gasteiger partial charge in [0.2, 0.25) is 0 Å². The zero-order chi connectivity index (χ0) is 21.3. The summed E-state index contributed by atoms with van der Waals surface area (Å²) in [5, 5.41) is 6.15. The Bertz CT molecular complexity index is 1050. The van der Waals surface area contributed by atoms with Crippen molar-refractivity contribution in [3.8, 4) is 5.75 Å². The molecule has 2 aromatic rings. The number of amides is 2.